The number of nitrogens with one attached hydrogen (secondary N) is 1. The van der Waals surface area contributed by atoms with Crippen molar-refractivity contribution in [1.82, 2.24) is 14.5 Å². The van der Waals surface area contributed by atoms with Crippen LogP contribution in [0.25, 0.3) is 0 Å². The number of anilines is 1. The molecule has 1 aliphatic rings. The first-order chi connectivity index (χ1) is 9.22. The van der Waals surface area contributed by atoms with Crippen LogP contribution >= 0.6 is 0 Å². The predicted octanol–water partition coefficient (Wildman–Crippen LogP) is 2.28. The Hall–Kier alpha value is -2.04. The Morgan fingerprint density at radius 1 is 1.42 bits per heavy atom. The summed E-state index contributed by atoms with van der Waals surface area (Å²) in [5.41, 5.74) is 1.13. The molecule has 2 aromatic rings. The molecule has 2 aromatic heterocycles. The van der Waals surface area contributed by atoms with E-state index in [-0.39, 0.29) is 0 Å². The fourth-order valence-corrected chi connectivity index (χ4v) is 1.85. The van der Waals surface area contributed by atoms with Crippen LogP contribution in [0.3, 0.4) is 0 Å². The van der Waals surface area contributed by atoms with Gasteiger partial charge in [-0.05, 0) is 25.8 Å². The second-order valence-electron chi connectivity index (χ2n) is 4.90. The van der Waals surface area contributed by atoms with Crippen LogP contribution in [-0.4, -0.2) is 20.6 Å². The summed E-state index contributed by atoms with van der Waals surface area (Å²) in [6.45, 7) is 2.70. The molecule has 0 atom stereocenters. The molecule has 3 rings (SSSR count). The van der Waals surface area contributed by atoms with E-state index in [1.165, 1.54) is 12.8 Å². The predicted molar refractivity (Wildman–Crippen MR) is 73.2 cm³/mol. The summed E-state index contributed by atoms with van der Waals surface area (Å²) in [5, 5.41) is 3.30. The van der Waals surface area contributed by atoms with E-state index in [1.54, 1.807) is 6.20 Å². The first-order valence-corrected chi connectivity index (χ1v) is 6.56. The third-order valence-electron chi connectivity index (χ3n) is 3.33. The molecule has 1 fully saturated rings. The molecule has 19 heavy (non-hydrogen) atoms. The van der Waals surface area contributed by atoms with Crippen LogP contribution in [0.2, 0.25) is 0 Å². The van der Waals surface area contributed by atoms with Gasteiger partial charge in [-0.15, -0.1) is 0 Å². The molecule has 100 valence electrons. The van der Waals surface area contributed by atoms with Gasteiger partial charge in [0, 0.05) is 19.3 Å². The quantitative estimate of drug-likeness (QED) is 0.894. The van der Waals surface area contributed by atoms with E-state index in [0.717, 1.165) is 23.1 Å². The lowest BCUT2D eigenvalue weighted by molar-refractivity contribution is 0.303. The maximum absolute atomic E-state index is 5.75. The van der Waals surface area contributed by atoms with Crippen molar-refractivity contribution in [1.29, 1.82) is 0 Å². The second-order valence-corrected chi connectivity index (χ2v) is 4.90. The lowest BCUT2D eigenvalue weighted by Gasteiger charge is -2.09. The summed E-state index contributed by atoms with van der Waals surface area (Å²) < 4.78 is 7.82. The van der Waals surface area contributed by atoms with Gasteiger partial charge in [-0.2, -0.15) is 0 Å². The first kappa shape index (κ1) is 12.0. The minimum Gasteiger partial charge on any atom is -0.490 e. The van der Waals surface area contributed by atoms with Gasteiger partial charge in [0.05, 0.1) is 24.5 Å². The minimum atomic E-state index is 0.412. The van der Waals surface area contributed by atoms with E-state index in [4.69, 9.17) is 4.74 Å². The summed E-state index contributed by atoms with van der Waals surface area (Å²) in [7, 11) is 2.01. The Morgan fingerprint density at radius 3 is 2.95 bits per heavy atom. The van der Waals surface area contributed by atoms with Crippen LogP contribution in [0.15, 0.2) is 24.5 Å². The molecule has 5 nitrogen and oxygen atoms in total. The Bertz CT molecular complexity index is 575. The minimum absolute atomic E-state index is 0.412. The third kappa shape index (κ3) is 2.86. The maximum Gasteiger partial charge on any atom is 0.129 e. The van der Waals surface area contributed by atoms with Crippen LogP contribution in [0.4, 0.5) is 5.82 Å². The Morgan fingerprint density at radius 2 is 2.26 bits per heavy atom. The molecule has 1 aliphatic carbocycles. The molecule has 2 heterocycles. The van der Waals surface area contributed by atoms with Crippen molar-refractivity contribution in [2.75, 3.05) is 5.32 Å². The van der Waals surface area contributed by atoms with Crippen LogP contribution in [0, 0.1) is 6.92 Å². The molecule has 0 aliphatic heterocycles. The molecule has 0 radical (unpaired) electrons. The average molecular weight is 258 g/mol. The van der Waals surface area contributed by atoms with Crippen molar-refractivity contribution in [3.05, 3.63) is 36.0 Å². The average Bonchev–Trinajstić information content (AvgIpc) is 3.16. The molecule has 0 saturated heterocycles. The topological polar surface area (TPSA) is 52.0 Å². The summed E-state index contributed by atoms with van der Waals surface area (Å²) >= 11 is 0. The van der Waals surface area contributed by atoms with Gasteiger partial charge in [-0.3, -0.25) is 0 Å². The Kier molecular flexibility index (Phi) is 3.11. The van der Waals surface area contributed by atoms with Crippen LogP contribution in [0.1, 0.15) is 24.4 Å². The van der Waals surface area contributed by atoms with Crippen molar-refractivity contribution in [3.63, 3.8) is 0 Å². The van der Waals surface area contributed by atoms with Crippen molar-refractivity contribution in [3.8, 4) is 5.75 Å². The number of aromatic nitrogens is 3. The zero-order valence-corrected chi connectivity index (χ0v) is 11.3. The zero-order chi connectivity index (χ0) is 13.2. The van der Waals surface area contributed by atoms with Gasteiger partial charge in [-0.1, -0.05) is 0 Å². The van der Waals surface area contributed by atoms with Gasteiger partial charge in [0.2, 0.25) is 0 Å². The highest BCUT2D eigenvalue weighted by molar-refractivity contribution is 5.41. The number of rotatable bonds is 5. The van der Waals surface area contributed by atoms with Gasteiger partial charge >= 0.3 is 0 Å². The van der Waals surface area contributed by atoms with E-state index in [9.17, 15) is 0 Å². The number of hydrogen-bond donors (Lipinski definition) is 1. The lowest BCUT2D eigenvalue weighted by atomic mass is 10.4. The molecule has 1 N–H and O–H groups in total. The van der Waals surface area contributed by atoms with Gasteiger partial charge in [-0.25, -0.2) is 9.97 Å². The van der Waals surface area contributed by atoms with E-state index in [1.807, 2.05) is 32.3 Å². The van der Waals surface area contributed by atoms with E-state index in [0.29, 0.717) is 12.6 Å². The summed E-state index contributed by atoms with van der Waals surface area (Å²) in [4.78, 5) is 8.57. The van der Waals surface area contributed by atoms with E-state index >= 15 is 0 Å². The van der Waals surface area contributed by atoms with Gasteiger partial charge < -0.3 is 14.6 Å². The van der Waals surface area contributed by atoms with Crippen LogP contribution < -0.4 is 10.1 Å². The number of nitrogens with zero attached hydrogens (tertiary/aromatic N) is 3. The highest BCUT2D eigenvalue weighted by Gasteiger charge is 2.23. The third-order valence-corrected chi connectivity index (χ3v) is 3.33. The molecule has 5 heteroatoms. The number of hydrogen-bond acceptors (Lipinski definition) is 4. The molecule has 0 amide bonds. The molecular formula is C14H18N4O. The fourth-order valence-electron chi connectivity index (χ4n) is 1.85. The lowest BCUT2D eigenvalue weighted by Crippen LogP contribution is -2.06. The first-order valence-electron chi connectivity index (χ1n) is 6.56. The van der Waals surface area contributed by atoms with Crippen molar-refractivity contribution in [2.45, 2.75) is 32.4 Å². The van der Waals surface area contributed by atoms with Crippen LogP contribution in [-0.2, 0) is 13.6 Å². The molecule has 0 aromatic carbocycles. The summed E-state index contributed by atoms with van der Waals surface area (Å²) in [6.07, 6.45) is 6.40. The normalized spacial score (nSPS) is 14.4. The largest absolute Gasteiger partial charge is 0.490 e. The summed E-state index contributed by atoms with van der Waals surface area (Å²) in [5.74, 6) is 2.73. The molecule has 0 bridgehead atoms. The molecule has 0 spiro atoms. The standard InChI is InChI=1S/C14H18N4O/c1-10-16-8-11(18(10)2)9-17-14-7-13(5-6-15-14)19-12-3-4-12/h5-8,12H,3-4,9H2,1-2H3,(H,15,17). The van der Waals surface area contributed by atoms with Gasteiger partial charge in [0.15, 0.2) is 0 Å². The van der Waals surface area contributed by atoms with Gasteiger partial charge in [0.25, 0.3) is 0 Å². The van der Waals surface area contributed by atoms with E-state index in [2.05, 4.69) is 19.9 Å². The smallest absolute Gasteiger partial charge is 0.129 e. The van der Waals surface area contributed by atoms with E-state index < -0.39 is 0 Å². The van der Waals surface area contributed by atoms with Crippen molar-refractivity contribution < 1.29 is 4.74 Å². The number of imidazole rings is 1. The summed E-state index contributed by atoms with van der Waals surface area (Å²) in [6, 6.07) is 3.85. The number of pyridine rings is 1. The second kappa shape index (κ2) is 4.91. The molecular weight excluding hydrogens is 240 g/mol. The van der Waals surface area contributed by atoms with Crippen LogP contribution in [0.5, 0.6) is 5.75 Å². The zero-order valence-electron chi connectivity index (χ0n) is 11.3. The van der Waals surface area contributed by atoms with Crippen molar-refractivity contribution >= 4 is 5.82 Å². The molecule has 0 unspecified atom stereocenters. The Balaban J connectivity index is 1.64. The highest BCUT2D eigenvalue weighted by atomic mass is 16.5. The van der Waals surface area contributed by atoms with Gasteiger partial charge in [0.1, 0.15) is 17.4 Å². The fraction of sp³-hybridized carbons (Fsp3) is 0.429. The SMILES string of the molecule is Cc1ncc(CNc2cc(OC3CC3)ccn2)n1C. The Labute approximate surface area is 112 Å². The maximum atomic E-state index is 5.75. The number of aryl methyl sites for hydroxylation is 1. The molecule has 1 saturated carbocycles. The highest BCUT2D eigenvalue weighted by Crippen LogP contribution is 2.27. The van der Waals surface area contributed by atoms with Crippen molar-refractivity contribution in [2.24, 2.45) is 7.05 Å². The number of ether oxygens (including phenoxy) is 1. The monoisotopic (exact) mass is 258 g/mol.